The van der Waals surface area contributed by atoms with E-state index in [1.165, 1.54) is 12.7 Å². The zero-order chi connectivity index (χ0) is 23.4. The number of ether oxygens (including phenoxy) is 2. The molecule has 0 unspecified atom stereocenters. The molecule has 4 aromatic rings. The van der Waals surface area contributed by atoms with E-state index in [0.717, 1.165) is 28.8 Å². The van der Waals surface area contributed by atoms with Crippen molar-refractivity contribution in [2.24, 2.45) is 0 Å². The molecule has 2 heterocycles. The Morgan fingerprint density at radius 1 is 0.939 bits per heavy atom. The number of aromatic amines is 1. The number of hydrogen-bond donors (Lipinski definition) is 1. The number of benzene rings is 2. The quantitative estimate of drug-likeness (QED) is 0.415. The molecule has 0 amide bonds. The number of rotatable bonds is 7. The van der Waals surface area contributed by atoms with Gasteiger partial charge in [0, 0.05) is 11.1 Å². The summed E-state index contributed by atoms with van der Waals surface area (Å²) in [7, 11) is 1.36. The van der Waals surface area contributed by atoms with E-state index in [0.29, 0.717) is 22.3 Å². The van der Waals surface area contributed by atoms with Crippen LogP contribution >= 0.6 is 0 Å². The summed E-state index contributed by atoms with van der Waals surface area (Å²) in [4.78, 5) is 29.1. The molecule has 4 rings (SSSR count). The Morgan fingerprint density at radius 3 is 2.24 bits per heavy atom. The Hall–Kier alpha value is -4.00. The van der Waals surface area contributed by atoms with Crippen LogP contribution in [0.25, 0.3) is 33.5 Å². The van der Waals surface area contributed by atoms with Crippen LogP contribution in [0.1, 0.15) is 35.3 Å². The van der Waals surface area contributed by atoms with Gasteiger partial charge in [0.2, 0.25) is 0 Å². The number of methoxy groups -OCH3 is 1. The summed E-state index contributed by atoms with van der Waals surface area (Å²) in [5.74, 6) is -0.732. The third-order valence-corrected chi connectivity index (χ3v) is 5.50. The van der Waals surface area contributed by atoms with Gasteiger partial charge >= 0.3 is 11.9 Å². The number of fused-ring (bicyclic) bond motifs is 1. The fraction of sp³-hybridized carbons (Fsp3) is 0.231. The van der Waals surface area contributed by atoms with E-state index in [4.69, 9.17) is 14.5 Å². The first-order valence-corrected chi connectivity index (χ1v) is 10.9. The molecule has 7 nitrogen and oxygen atoms in total. The van der Waals surface area contributed by atoms with Gasteiger partial charge in [-0.15, -0.1) is 0 Å². The molecule has 0 aliphatic rings. The molecule has 33 heavy (non-hydrogen) atoms. The van der Waals surface area contributed by atoms with Gasteiger partial charge in [-0.3, -0.25) is 9.89 Å². The molecule has 2 aromatic carbocycles. The second kappa shape index (κ2) is 9.65. The molecule has 0 fully saturated rings. The van der Waals surface area contributed by atoms with Crippen molar-refractivity contribution in [1.82, 2.24) is 15.2 Å². The summed E-state index contributed by atoms with van der Waals surface area (Å²) < 4.78 is 10.1. The van der Waals surface area contributed by atoms with E-state index in [-0.39, 0.29) is 19.0 Å². The van der Waals surface area contributed by atoms with Gasteiger partial charge in [0.05, 0.1) is 42.5 Å². The molecule has 2 aromatic heterocycles. The van der Waals surface area contributed by atoms with Gasteiger partial charge in [-0.05, 0) is 30.5 Å². The minimum absolute atomic E-state index is 0.191. The number of H-pyrrole nitrogens is 1. The summed E-state index contributed by atoms with van der Waals surface area (Å²) in [5, 5.41) is 8.07. The van der Waals surface area contributed by atoms with E-state index >= 15 is 0 Å². The molecule has 0 saturated carbocycles. The van der Waals surface area contributed by atoms with E-state index in [1.54, 1.807) is 13.0 Å². The van der Waals surface area contributed by atoms with Gasteiger partial charge in [0.15, 0.2) is 5.65 Å². The van der Waals surface area contributed by atoms with Crippen molar-refractivity contribution in [3.63, 3.8) is 0 Å². The van der Waals surface area contributed by atoms with Gasteiger partial charge in [-0.1, -0.05) is 55.5 Å². The van der Waals surface area contributed by atoms with Crippen LogP contribution < -0.4 is 0 Å². The maximum Gasteiger partial charge on any atom is 0.339 e. The molecule has 0 atom stereocenters. The number of nitrogens with one attached hydrogen (secondary N) is 1. The van der Waals surface area contributed by atoms with Crippen molar-refractivity contribution in [2.75, 3.05) is 13.7 Å². The molecule has 7 heteroatoms. The number of nitrogens with zero attached hydrogens (tertiary/aromatic N) is 2. The Kier molecular flexibility index (Phi) is 6.49. The van der Waals surface area contributed by atoms with Gasteiger partial charge in [-0.25, -0.2) is 9.78 Å². The molecule has 168 valence electrons. The van der Waals surface area contributed by atoms with Crippen LogP contribution in [0.5, 0.6) is 0 Å². The standard InChI is InChI=1S/C26H25N3O4/c1-4-16-6-12-19(13-7-16)24-23-20(26(31)33-5-2)15-21(27-25(23)29-28-24)18-10-8-17(9-11-18)14-22(30)32-3/h6-13,15H,4-5,14H2,1-3H3,(H,27,28,29). The molecule has 0 radical (unpaired) electrons. The monoisotopic (exact) mass is 443 g/mol. The Morgan fingerprint density at radius 2 is 1.61 bits per heavy atom. The maximum absolute atomic E-state index is 12.9. The Bertz CT molecular complexity index is 1290. The Balaban J connectivity index is 1.80. The summed E-state index contributed by atoms with van der Waals surface area (Å²) >= 11 is 0. The first-order valence-electron chi connectivity index (χ1n) is 10.9. The zero-order valence-corrected chi connectivity index (χ0v) is 18.8. The van der Waals surface area contributed by atoms with Crippen LogP contribution in [0.15, 0.2) is 54.6 Å². The normalized spacial score (nSPS) is 10.9. The molecule has 0 saturated heterocycles. The lowest BCUT2D eigenvalue weighted by molar-refractivity contribution is -0.139. The van der Waals surface area contributed by atoms with Gasteiger partial charge in [0.1, 0.15) is 0 Å². The number of aryl methyl sites for hydroxylation is 1. The number of esters is 2. The van der Waals surface area contributed by atoms with Gasteiger partial charge in [-0.2, -0.15) is 5.10 Å². The van der Waals surface area contributed by atoms with E-state index in [2.05, 4.69) is 29.3 Å². The molecular formula is C26H25N3O4. The highest BCUT2D eigenvalue weighted by Crippen LogP contribution is 2.32. The number of carbonyl (C=O) groups is 2. The summed E-state index contributed by atoms with van der Waals surface area (Å²) in [6, 6.07) is 17.3. The van der Waals surface area contributed by atoms with Crippen molar-refractivity contribution in [1.29, 1.82) is 0 Å². The summed E-state index contributed by atoms with van der Waals surface area (Å²) in [6.45, 7) is 4.14. The van der Waals surface area contributed by atoms with Crippen LogP contribution in [-0.2, 0) is 27.1 Å². The average molecular weight is 444 g/mol. The average Bonchev–Trinajstić information content (AvgIpc) is 3.28. The van der Waals surface area contributed by atoms with Crippen LogP contribution in [-0.4, -0.2) is 40.8 Å². The molecular weight excluding hydrogens is 418 g/mol. The molecule has 0 aliphatic carbocycles. The van der Waals surface area contributed by atoms with Crippen LogP contribution in [0.4, 0.5) is 0 Å². The van der Waals surface area contributed by atoms with Gasteiger partial charge < -0.3 is 9.47 Å². The fourth-order valence-corrected chi connectivity index (χ4v) is 3.69. The third kappa shape index (κ3) is 4.62. The van der Waals surface area contributed by atoms with Crippen LogP contribution in [0.2, 0.25) is 0 Å². The Labute approximate surface area is 191 Å². The number of carbonyl (C=O) groups excluding carboxylic acids is 2. The number of pyridine rings is 1. The second-order valence-corrected chi connectivity index (χ2v) is 7.57. The van der Waals surface area contributed by atoms with Crippen molar-refractivity contribution < 1.29 is 19.1 Å². The lowest BCUT2D eigenvalue weighted by Gasteiger charge is -2.09. The fourth-order valence-electron chi connectivity index (χ4n) is 3.69. The molecule has 0 bridgehead atoms. The second-order valence-electron chi connectivity index (χ2n) is 7.57. The predicted molar refractivity (Wildman–Crippen MR) is 126 cm³/mol. The maximum atomic E-state index is 12.9. The SMILES string of the molecule is CCOC(=O)c1cc(-c2ccc(CC(=O)OC)cc2)nc2n[nH]c(-c3ccc(CC)cc3)c12. The zero-order valence-electron chi connectivity index (χ0n) is 18.8. The first-order chi connectivity index (χ1) is 16.0. The summed E-state index contributed by atoms with van der Waals surface area (Å²) in [6.07, 6.45) is 1.14. The first kappa shape index (κ1) is 22.2. The van der Waals surface area contributed by atoms with E-state index in [9.17, 15) is 9.59 Å². The van der Waals surface area contributed by atoms with Crippen LogP contribution in [0.3, 0.4) is 0 Å². The third-order valence-electron chi connectivity index (χ3n) is 5.50. The van der Waals surface area contributed by atoms with Crippen molar-refractivity contribution >= 4 is 23.0 Å². The van der Waals surface area contributed by atoms with Gasteiger partial charge in [0.25, 0.3) is 0 Å². The highest BCUT2D eigenvalue weighted by molar-refractivity contribution is 6.09. The van der Waals surface area contributed by atoms with Crippen LogP contribution in [0, 0.1) is 0 Å². The largest absolute Gasteiger partial charge is 0.469 e. The molecule has 0 aliphatic heterocycles. The number of aromatic nitrogens is 3. The molecule has 0 spiro atoms. The topological polar surface area (TPSA) is 94.2 Å². The predicted octanol–water partition coefficient (Wildman–Crippen LogP) is 4.75. The smallest absolute Gasteiger partial charge is 0.339 e. The minimum atomic E-state index is -0.429. The minimum Gasteiger partial charge on any atom is -0.469 e. The van der Waals surface area contributed by atoms with Crippen molar-refractivity contribution in [2.45, 2.75) is 26.7 Å². The highest BCUT2D eigenvalue weighted by Gasteiger charge is 2.21. The van der Waals surface area contributed by atoms with Crippen molar-refractivity contribution in [3.05, 3.63) is 71.3 Å². The highest BCUT2D eigenvalue weighted by atomic mass is 16.5. The molecule has 1 N–H and O–H groups in total. The lowest BCUT2D eigenvalue weighted by atomic mass is 10.0. The number of hydrogen-bond acceptors (Lipinski definition) is 6. The summed E-state index contributed by atoms with van der Waals surface area (Å²) in [5.41, 5.74) is 5.93. The van der Waals surface area contributed by atoms with E-state index in [1.807, 2.05) is 36.4 Å². The lowest BCUT2D eigenvalue weighted by Crippen LogP contribution is -2.07. The van der Waals surface area contributed by atoms with E-state index < -0.39 is 5.97 Å². The van der Waals surface area contributed by atoms with Crippen molar-refractivity contribution in [3.8, 4) is 22.5 Å².